The van der Waals surface area contributed by atoms with E-state index in [0.29, 0.717) is 35.3 Å². The minimum Gasteiger partial charge on any atom is -0.439 e. The lowest BCUT2D eigenvalue weighted by molar-refractivity contribution is 0.0505. The molecular weight excluding hydrogens is 474 g/mol. The molecule has 0 bridgehead atoms. The Balaban J connectivity index is 1.54. The molecule has 36 heavy (non-hydrogen) atoms. The van der Waals surface area contributed by atoms with E-state index < -0.39 is 0 Å². The number of para-hydroxylation sites is 1. The third-order valence-corrected chi connectivity index (χ3v) is 6.52. The number of hydrogen-bond acceptors (Lipinski definition) is 4. The van der Waals surface area contributed by atoms with Crippen molar-refractivity contribution in [1.82, 2.24) is 14.7 Å². The van der Waals surface area contributed by atoms with Gasteiger partial charge < -0.3 is 14.4 Å². The Hall–Kier alpha value is -3.61. The Morgan fingerprint density at radius 3 is 2.42 bits per heavy atom. The Morgan fingerprint density at radius 1 is 1.06 bits per heavy atom. The van der Waals surface area contributed by atoms with Crippen molar-refractivity contribution in [1.29, 1.82) is 0 Å². The van der Waals surface area contributed by atoms with Crippen LogP contribution in [0.2, 0.25) is 5.02 Å². The summed E-state index contributed by atoms with van der Waals surface area (Å²) in [4.78, 5) is 15.5. The van der Waals surface area contributed by atoms with Gasteiger partial charge in [0.2, 0.25) is 5.88 Å². The SMILES string of the molecule is Cc1nn(-c2ccc(Cl)cc2)c(Oc2ccccc2)c1CN(CC1CCCO1)C(=O)c1ccccc1. The van der Waals surface area contributed by atoms with E-state index >= 15 is 0 Å². The number of rotatable bonds is 8. The Bertz CT molecular complexity index is 1300. The van der Waals surface area contributed by atoms with E-state index in [1.807, 2.05) is 96.8 Å². The summed E-state index contributed by atoms with van der Waals surface area (Å²) in [6, 6.07) is 26.4. The summed E-state index contributed by atoms with van der Waals surface area (Å²) >= 11 is 6.13. The van der Waals surface area contributed by atoms with Gasteiger partial charge in [-0.2, -0.15) is 5.10 Å². The lowest BCUT2D eigenvalue weighted by atomic mass is 10.1. The van der Waals surface area contributed by atoms with E-state index in [4.69, 9.17) is 26.2 Å². The number of aromatic nitrogens is 2. The largest absolute Gasteiger partial charge is 0.439 e. The van der Waals surface area contributed by atoms with Crippen molar-refractivity contribution >= 4 is 17.5 Å². The predicted molar refractivity (Wildman–Crippen MR) is 140 cm³/mol. The number of amides is 1. The average molecular weight is 502 g/mol. The van der Waals surface area contributed by atoms with Gasteiger partial charge in [-0.05, 0) is 68.3 Å². The third kappa shape index (κ3) is 5.45. The van der Waals surface area contributed by atoms with Crippen molar-refractivity contribution < 1.29 is 14.3 Å². The van der Waals surface area contributed by atoms with E-state index in [1.165, 1.54) is 0 Å². The third-order valence-electron chi connectivity index (χ3n) is 6.27. The van der Waals surface area contributed by atoms with Gasteiger partial charge in [0.25, 0.3) is 5.91 Å². The van der Waals surface area contributed by atoms with E-state index in [0.717, 1.165) is 36.4 Å². The zero-order chi connectivity index (χ0) is 24.9. The van der Waals surface area contributed by atoms with Crippen LogP contribution in [-0.2, 0) is 11.3 Å². The van der Waals surface area contributed by atoms with Gasteiger partial charge >= 0.3 is 0 Å². The number of carbonyl (C=O) groups is 1. The molecule has 1 aromatic heterocycles. The minimum absolute atomic E-state index is 0.0165. The van der Waals surface area contributed by atoms with E-state index in [2.05, 4.69) is 0 Å². The van der Waals surface area contributed by atoms with Gasteiger partial charge in [0.1, 0.15) is 5.75 Å². The van der Waals surface area contributed by atoms with Crippen LogP contribution in [0.3, 0.4) is 0 Å². The summed E-state index contributed by atoms with van der Waals surface area (Å²) in [6.07, 6.45) is 1.96. The summed E-state index contributed by atoms with van der Waals surface area (Å²) in [5.74, 6) is 1.21. The number of halogens is 1. The molecule has 0 spiro atoms. The second kappa shape index (κ2) is 11.0. The second-order valence-electron chi connectivity index (χ2n) is 8.86. The number of ether oxygens (including phenoxy) is 2. The van der Waals surface area contributed by atoms with Gasteiger partial charge in [-0.1, -0.05) is 48.0 Å². The molecule has 0 radical (unpaired) electrons. The molecule has 3 aromatic carbocycles. The molecular formula is C29H28ClN3O3. The zero-order valence-electron chi connectivity index (χ0n) is 20.1. The Labute approximate surface area is 216 Å². The maximum Gasteiger partial charge on any atom is 0.254 e. The first-order valence-corrected chi connectivity index (χ1v) is 12.5. The average Bonchev–Trinajstić information content (AvgIpc) is 3.53. The van der Waals surface area contributed by atoms with Gasteiger partial charge in [0.15, 0.2) is 0 Å². The Kier molecular flexibility index (Phi) is 7.35. The molecule has 1 fully saturated rings. The molecule has 1 atom stereocenters. The minimum atomic E-state index is -0.0459. The topological polar surface area (TPSA) is 56.6 Å². The summed E-state index contributed by atoms with van der Waals surface area (Å²) in [7, 11) is 0. The predicted octanol–water partition coefficient (Wildman–Crippen LogP) is 6.45. The smallest absolute Gasteiger partial charge is 0.254 e. The fourth-order valence-corrected chi connectivity index (χ4v) is 4.52. The van der Waals surface area contributed by atoms with E-state index in [9.17, 15) is 4.79 Å². The van der Waals surface area contributed by atoms with Crippen LogP contribution in [-0.4, -0.2) is 39.8 Å². The second-order valence-corrected chi connectivity index (χ2v) is 9.30. The number of hydrogen-bond donors (Lipinski definition) is 0. The van der Waals surface area contributed by atoms with Gasteiger partial charge in [0.05, 0.1) is 29.6 Å². The summed E-state index contributed by atoms with van der Waals surface area (Å²) in [5.41, 5.74) is 3.09. The number of aryl methyl sites for hydroxylation is 1. The van der Waals surface area contributed by atoms with Crippen molar-refractivity contribution in [3.63, 3.8) is 0 Å². The van der Waals surface area contributed by atoms with Crippen LogP contribution in [0.15, 0.2) is 84.9 Å². The molecule has 0 N–H and O–H groups in total. The van der Waals surface area contributed by atoms with Crippen molar-refractivity contribution in [3.05, 3.63) is 107 Å². The highest BCUT2D eigenvalue weighted by Gasteiger charge is 2.27. The van der Waals surface area contributed by atoms with Crippen LogP contribution >= 0.6 is 11.6 Å². The first-order chi connectivity index (χ1) is 17.6. The van der Waals surface area contributed by atoms with Crippen LogP contribution in [0.4, 0.5) is 0 Å². The highest BCUT2D eigenvalue weighted by atomic mass is 35.5. The lowest BCUT2D eigenvalue weighted by Crippen LogP contribution is -2.37. The quantitative estimate of drug-likeness (QED) is 0.278. The molecule has 0 aliphatic carbocycles. The highest BCUT2D eigenvalue weighted by molar-refractivity contribution is 6.30. The van der Waals surface area contributed by atoms with Crippen LogP contribution in [0.1, 0.15) is 34.5 Å². The van der Waals surface area contributed by atoms with E-state index in [1.54, 1.807) is 4.68 Å². The molecule has 1 saturated heterocycles. The molecule has 5 rings (SSSR count). The Morgan fingerprint density at radius 2 is 1.75 bits per heavy atom. The van der Waals surface area contributed by atoms with Crippen LogP contribution in [0.25, 0.3) is 5.69 Å². The first-order valence-electron chi connectivity index (χ1n) is 12.1. The van der Waals surface area contributed by atoms with Crippen LogP contribution in [0.5, 0.6) is 11.6 Å². The maximum absolute atomic E-state index is 13.6. The lowest BCUT2D eigenvalue weighted by Gasteiger charge is -2.26. The van der Waals surface area contributed by atoms with Gasteiger partial charge in [0, 0.05) is 23.7 Å². The fraction of sp³-hybridized carbons (Fsp3) is 0.241. The molecule has 1 amide bonds. The molecule has 1 aliphatic rings. The summed E-state index contributed by atoms with van der Waals surface area (Å²) in [6.45, 7) is 3.52. The molecule has 7 heteroatoms. The molecule has 6 nitrogen and oxygen atoms in total. The van der Waals surface area contributed by atoms with Gasteiger partial charge in [-0.3, -0.25) is 4.79 Å². The first kappa shape index (κ1) is 24.1. The standard InChI is InChI=1S/C29H28ClN3O3/c1-21-27(20-32(19-26-13-8-18-35-26)28(34)22-9-4-2-5-10-22)29(36-25-11-6-3-7-12-25)33(31-21)24-16-14-23(30)15-17-24/h2-7,9-12,14-17,26H,8,13,18-20H2,1H3. The number of benzene rings is 3. The maximum atomic E-state index is 13.6. The molecule has 2 heterocycles. The monoisotopic (exact) mass is 501 g/mol. The highest BCUT2D eigenvalue weighted by Crippen LogP contribution is 2.32. The zero-order valence-corrected chi connectivity index (χ0v) is 20.9. The molecule has 1 unspecified atom stereocenters. The number of carbonyl (C=O) groups excluding carboxylic acids is 1. The van der Waals surface area contributed by atoms with Crippen molar-refractivity contribution in [2.75, 3.05) is 13.2 Å². The van der Waals surface area contributed by atoms with Crippen molar-refractivity contribution in [3.8, 4) is 17.3 Å². The van der Waals surface area contributed by atoms with Crippen molar-refractivity contribution in [2.45, 2.75) is 32.4 Å². The van der Waals surface area contributed by atoms with Crippen LogP contribution in [0, 0.1) is 6.92 Å². The van der Waals surface area contributed by atoms with Crippen LogP contribution < -0.4 is 4.74 Å². The van der Waals surface area contributed by atoms with E-state index in [-0.39, 0.29) is 12.0 Å². The summed E-state index contributed by atoms with van der Waals surface area (Å²) < 4.78 is 14.1. The van der Waals surface area contributed by atoms with Crippen molar-refractivity contribution in [2.24, 2.45) is 0 Å². The van der Waals surface area contributed by atoms with Gasteiger partial charge in [-0.15, -0.1) is 0 Å². The normalized spacial score (nSPS) is 15.1. The molecule has 1 aliphatic heterocycles. The van der Waals surface area contributed by atoms with Gasteiger partial charge in [-0.25, -0.2) is 4.68 Å². The number of nitrogens with zero attached hydrogens (tertiary/aromatic N) is 3. The molecule has 4 aromatic rings. The molecule has 184 valence electrons. The fourth-order valence-electron chi connectivity index (χ4n) is 4.39. The molecule has 0 saturated carbocycles. The summed E-state index contributed by atoms with van der Waals surface area (Å²) in [5, 5.41) is 5.45.